The molecule has 1 aliphatic rings. The van der Waals surface area contributed by atoms with Gasteiger partial charge in [-0.05, 0) is 32.1 Å². The molecule has 0 aliphatic heterocycles. The lowest BCUT2D eigenvalue weighted by Gasteiger charge is -2.07. The van der Waals surface area contributed by atoms with Crippen LogP contribution in [0.3, 0.4) is 0 Å². The molecule has 1 heteroatoms. The van der Waals surface area contributed by atoms with Gasteiger partial charge < -0.3 is 0 Å². The quantitative estimate of drug-likeness (QED) is 0.468. The number of rotatable bonds is 0. The fraction of sp³-hybridized carbons (Fsp3) is 0.667. The third-order valence-corrected chi connectivity index (χ3v) is 1.95. The van der Waals surface area contributed by atoms with Crippen molar-refractivity contribution in [2.75, 3.05) is 0 Å². The second-order valence-corrected chi connectivity index (χ2v) is 2.81. The fourth-order valence-corrected chi connectivity index (χ4v) is 1.29. The minimum absolute atomic E-state index is 0.324. The van der Waals surface area contributed by atoms with Crippen LogP contribution in [0, 0.1) is 17.2 Å². The highest BCUT2D eigenvalue weighted by Crippen LogP contribution is 2.17. The summed E-state index contributed by atoms with van der Waals surface area (Å²) in [5.41, 5.74) is 0. The number of nitriles is 1. The Morgan fingerprint density at radius 1 is 1.20 bits per heavy atom. The van der Waals surface area contributed by atoms with Crippen molar-refractivity contribution in [3.8, 4) is 6.07 Å². The van der Waals surface area contributed by atoms with E-state index in [9.17, 15) is 0 Å². The average molecular weight is 135 g/mol. The van der Waals surface area contributed by atoms with Crippen LogP contribution < -0.4 is 0 Å². The monoisotopic (exact) mass is 135 g/mol. The first-order valence-corrected chi connectivity index (χ1v) is 3.98. The van der Waals surface area contributed by atoms with E-state index >= 15 is 0 Å². The highest BCUT2D eigenvalue weighted by molar-refractivity contribution is 4.90. The van der Waals surface area contributed by atoms with Gasteiger partial charge in [-0.2, -0.15) is 5.26 Å². The van der Waals surface area contributed by atoms with Crippen LogP contribution >= 0.6 is 0 Å². The van der Waals surface area contributed by atoms with E-state index in [1.54, 1.807) is 0 Å². The number of nitrogens with zero attached hydrogens (tertiary/aromatic N) is 1. The van der Waals surface area contributed by atoms with Gasteiger partial charge in [-0.25, -0.2) is 0 Å². The summed E-state index contributed by atoms with van der Waals surface area (Å²) in [4.78, 5) is 0. The summed E-state index contributed by atoms with van der Waals surface area (Å²) in [5, 5.41) is 8.63. The van der Waals surface area contributed by atoms with E-state index in [0.717, 1.165) is 25.7 Å². The Morgan fingerprint density at radius 2 is 2.00 bits per heavy atom. The van der Waals surface area contributed by atoms with Crippen molar-refractivity contribution in [3.05, 3.63) is 12.2 Å². The van der Waals surface area contributed by atoms with E-state index in [-0.39, 0.29) is 0 Å². The van der Waals surface area contributed by atoms with Crippen LogP contribution in [0.1, 0.15) is 32.1 Å². The normalized spacial score (nSPS) is 29.7. The molecule has 1 atom stereocenters. The lowest BCUT2D eigenvalue weighted by Crippen LogP contribution is -1.97. The highest BCUT2D eigenvalue weighted by atomic mass is 14.3. The molecule has 0 saturated carbocycles. The zero-order chi connectivity index (χ0) is 7.23. The Hall–Kier alpha value is -0.770. The highest BCUT2D eigenvalue weighted by Gasteiger charge is 2.06. The van der Waals surface area contributed by atoms with Crippen LogP contribution in [-0.2, 0) is 0 Å². The summed E-state index contributed by atoms with van der Waals surface area (Å²) in [6.45, 7) is 0. The predicted molar refractivity (Wildman–Crippen MR) is 41.3 cm³/mol. The molecule has 10 heavy (non-hydrogen) atoms. The van der Waals surface area contributed by atoms with Gasteiger partial charge in [0.25, 0.3) is 0 Å². The lowest BCUT2D eigenvalue weighted by molar-refractivity contribution is 0.531. The summed E-state index contributed by atoms with van der Waals surface area (Å²) in [6, 6.07) is 2.34. The van der Waals surface area contributed by atoms with Gasteiger partial charge in [-0.15, -0.1) is 0 Å². The molecule has 1 unspecified atom stereocenters. The molecule has 0 N–H and O–H groups in total. The topological polar surface area (TPSA) is 23.8 Å². The van der Waals surface area contributed by atoms with Crippen LogP contribution in [0.25, 0.3) is 0 Å². The van der Waals surface area contributed by atoms with Crippen molar-refractivity contribution in [2.45, 2.75) is 32.1 Å². The van der Waals surface area contributed by atoms with Gasteiger partial charge in [-0.3, -0.25) is 0 Å². The van der Waals surface area contributed by atoms with Gasteiger partial charge in [0, 0.05) is 5.92 Å². The Kier molecular flexibility index (Phi) is 3.02. The third-order valence-electron chi connectivity index (χ3n) is 1.95. The molecule has 0 aromatic rings. The van der Waals surface area contributed by atoms with E-state index in [1.165, 1.54) is 6.42 Å². The molecule has 1 nitrogen and oxygen atoms in total. The summed E-state index contributed by atoms with van der Waals surface area (Å²) >= 11 is 0. The van der Waals surface area contributed by atoms with Gasteiger partial charge in [0.05, 0.1) is 6.07 Å². The number of hydrogen-bond acceptors (Lipinski definition) is 1. The first-order chi connectivity index (χ1) is 4.93. The van der Waals surface area contributed by atoms with Crippen LogP contribution in [0.15, 0.2) is 12.2 Å². The minimum Gasteiger partial charge on any atom is -0.198 e. The second-order valence-electron chi connectivity index (χ2n) is 2.81. The molecule has 0 spiro atoms. The van der Waals surface area contributed by atoms with Crippen LogP contribution in [0.4, 0.5) is 0 Å². The van der Waals surface area contributed by atoms with Crippen molar-refractivity contribution >= 4 is 0 Å². The molecular weight excluding hydrogens is 122 g/mol. The Morgan fingerprint density at radius 3 is 2.80 bits per heavy atom. The van der Waals surface area contributed by atoms with Crippen molar-refractivity contribution in [1.29, 1.82) is 5.26 Å². The van der Waals surface area contributed by atoms with Crippen molar-refractivity contribution in [3.63, 3.8) is 0 Å². The predicted octanol–water partition coefficient (Wildman–Crippen LogP) is 2.65. The Bertz CT molecular complexity index is 153. The maximum absolute atomic E-state index is 8.63. The SMILES string of the molecule is N#CC1CC/C=C\CCC1. The molecule has 0 heterocycles. The van der Waals surface area contributed by atoms with Gasteiger partial charge >= 0.3 is 0 Å². The number of allylic oxidation sites excluding steroid dienone is 2. The largest absolute Gasteiger partial charge is 0.198 e. The van der Waals surface area contributed by atoms with Gasteiger partial charge in [0.15, 0.2) is 0 Å². The van der Waals surface area contributed by atoms with Crippen LogP contribution in [0.5, 0.6) is 0 Å². The zero-order valence-electron chi connectivity index (χ0n) is 6.21. The number of hydrogen-bond donors (Lipinski definition) is 0. The molecule has 1 rings (SSSR count). The van der Waals surface area contributed by atoms with E-state index < -0.39 is 0 Å². The average Bonchev–Trinajstić information content (AvgIpc) is 1.87. The first-order valence-electron chi connectivity index (χ1n) is 3.98. The third kappa shape index (κ3) is 2.23. The van der Waals surface area contributed by atoms with E-state index in [1.807, 2.05) is 0 Å². The Labute approximate surface area is 62.4 Å². The van der Waals surface area contributed by atoms with Crippen molar-refractivity contribution < 1.29 is 0 Å². The van der Waals surface area contributed by atoms with Crippen molar-refractivity contribution in [2.24, 2.45) is 5.92 Å². The minimum atomic E-state index is 0.324. The van der Waals surface area contributed by atoms with Crippen molar-refractivity contribution in [1.82, 2.24) is 0 Å². The van der Waals surface area contributed by atoms with Gasteiger partial charge in [0.1, 0.15) is 0 Å². The zero-order valence-corrected chi connectivity index (χ0v) is 6.21. The molecule has 0 saturated heterocycles. The summed E-state index contributed by atoms with van der Waals surface area (Å²) < 4.78 is 0. The smallest absolute Gasteiger partial charge is 0.0655 e. The molecule has 0 fully saturated rings. The van der Waals surface area contributed by atoms with Crippen LogP contribution in [0.2, 0.25) is 0 Å². The molecule has 0 bridgehead atoms. The lowest BCUT2D eigenvalue weighted by atomic mass is 9.96. The first kappa shape index (κ1) is 7.34. The molecule has 0 amide bonds. The maximum Gasteiger partial charge on any atom is 0.0655 e. The molecule has 0 radical (unpaired) electrons. The summed E-state index contributed by atoms with van der Waals surface area (Å²) in [5.74, 6) is 0.324. The van der Waals surface area contributed by atoms with Crippen LogP contribution in [-0.4, -0.2) is 0 Å². The van der Waals surface area contributed by atoms with Gasteiger partial charge in [-0.1, -0.05) is 12.2 Å². The van der Waals surface area contributed by atoms with E-state index in [2.05, 4.69) is 18.2 Å². The second kappa shape index (κ2) is 4.11. The molecule has 0 aromatic carbocycles. The molecule has 1 aliphatic carbocycles. The Balaban J connectivity index is 2.36. The van der Waals surface area contributed by atoms with E-state index in [4.69, 9.17) is 5.26 Å². The standard InChI is InChI=1S/C9H13N/c10-8-9-6-4-2-1-3-5-7-9/h1-2,9H,3-7H2/b2-1-. The molecule has 0 aromatic heterocycles. The molecular formula is C9H13N. The van der Waals surface area contributed by atoms with Gasteiger partial charge in [0.2, 0.25) is 0 Å². The maximum atomic E-state index is 8.63. The summed E-state index contributed by atoms with van der Waals surface area (Å²) in [6.07, 6.45) is 10.0. The molecule has 54 valence electrons. The fourth-order valence-electron chi connectivity index (χ4n) is 1.29. The van der Waals surface area contributed by atoms with E-state index in [0.29, 0.717) is 5.92 Å². The summed E-state index contributed by atoms with van der Waals surface area (Å²) in [7, 11) is 0.